The molecule has 2 atom stereocenters. The summed E-state index contributed by atoms with van der Waals surface area (Å²) in [5.41, 5.74) is 1.42. The molecule has 0 aromatic rings. The lowest BCUT2D eigenvalue weighted by Gasteiger charge is -2.42. The van der Waals surface area contributed by atoms with Crippen molar-refractivity contribution in [2.45, 2.75) is 44.3 Å². The summed E-state index contributed by atoms with van der Waals surface area (Å²) < 4.78 is 13.3. The van der Waals surface area contributed by atoms with Crippen molar-refractivity contribution in [3.05, 3.63) is 12.2 Å². The van der Waals surface area contributed by atoms with Gasteiger partial charge in [0.2, 0.25) is 0 Å². The molecule has 0 bridgehead atoms. The van der Waals surface area contributed by atoms with Gasteiger partial charge in [-0.05, 0) is 25.7 Å². The Balaban J connectivity index is 2.19. The molecule has 2 aliphatic heterocycles. The molecule has 0 N–H and O–H groups in total. The number of hydrogen-bond acceptors (Lipinski definition) is 1. The Morgan fingerprint density at radius 3 is 3.15 bits per heavy atom. The van der Waals surface area contributed by atoms with Crippen molar-refractivity contribution in [2.24, 2.45) is 0 Å². The van der Waals surface area contributed by atoms with Crippen LogP contribution in [0.3, 0.4) is 0 Å². The maximum atomic E-state index is 13.3. The molecule has 0 aromatic carbocycles. The zero-order valence-corrected chi connectivity index (χ0v) is 8.35. The van der Waals surface area contributed by atoms with E-state index >= 15 is 0 Å². The Kier molecular flexibility index (Phi) is 2.18. The van der Waals surface area contributed by atoms with Crippen LogP contribution in [0.1, 0.15) is 32.6 Å². The highest BCUT2D eigenvalue weighted by molar-refractivity contribution is 5.16. The van der Waals surface area contributed by atoms with E-state index in [-0.39, 0.29) is 5.54 Å². The first-order chi connectivity index (χ1) is 6.16. The first-order valence-corrected chi connectivity index (χ1v) is 5.22. The predicted molar refractivity (Wildman–Crippen MR) is 52.5 cm³/mol. The lowest BCUT2D eigenvalue weighted by atomic mass is 9.83. The number of piperidine rings is 1. The number of fused-ring (bicyclic) bond motifs is 1. The second kappa shape index (κ2) is 3.09. The van der Waals surface area contributed by atoms with Gasteiger partial charge in [0, 0.05) is 18.6 Å². The Labute approximate surface area is 79.6 Å². The lowest BCUT2D eigenvalue weighted by Crippen LogP contribution is -2.49. The Morgan fingerprint density at radius 1 is 1.69 bits per heavy atom. The van der Waals surface area contributed by atoms with Crippen LogP contribution in [-0.2, 0) is 0 Å². The molecule has 74 valence electrons. The Hall–Kier alpha value is -0.370. The largest absolute Gasteiger partial charge is 0.293 e. The van der Waals surface area contributed by atoms with Gasteiger partial charge in [-0.3, -0.25) is 4.90 Å². The van der Waals surface area contributed by atoms with Gasteiger partial charge in [0.05, 0.1) is 0 Å². The van der Waals surface area contributed by atoms with Gasteiger partial charge in [-0.15, -0.1) is 0 Å². The van der Waals surface area contributed by atoms with E-state index < -0.39 is 6.17 Å². The van der Waals surface area contributed by atoms with Crippen LogP contribution < -0.4 is 0 Å². The van der Waals surface area contributed by atoms with Crippen molar-refractivity contribution in [1.29, 1.82) is 0 Å². The molecule has 2 heterocycles. The molecule has 0 spiro atoms. The summed E-state index contributed by atoms with van der Waals surface area (Å²) in [7, 11) is 0. The molecule has 0 amide bonds. The van der Waals surface area contributed by atoms with E-state index in [1.807, 2.05) is 0 Å². The fourth-order valence-corrected chi connectivity index (χ4v) is 2.89. The van der Waals surface area contributed by atoms with Crippen LogP contribution in [0.5, 0.6) is 0 Å². The number of rotatable bonds is 1. The minimum absolute atomic E-state index is 0.134. The normalized spacial score (nSPS) is 40.8. The predicted octanol–water partition coefficient (Wildman–Crippen LogP) is 2.53. The highest BCUT2D eigenvalue weighted by atomic mass is 19.1. The van der Waals surface area contributed by atoms with Gasteiger partial charge in [-0.25, -0.2) is 4.39 Å². The quantitative estimate of drug-likeness (QED) is 0.565. The lowest BCUT2D eigenvalue weighted by molar-refractivity contribution is 0.0386. The molecule has 13 heavy (non-hydrogen) atoms. The highest BCUT2D eigenvalue weighted by Gasteiger charge is 2.45. The van der Waals surface area contributed by atoms with Crippen LogP contribution in [0.25, 0.3) is 0 Å². The van der Waals surface area contributed by atoms with Crippen molar-refractivity contribution in [1.82, 2.24) is 4.90 Å². The SMILES string of the molecule is C=C1CN2CC[C@H](F)C[C@]2(CC)C1. The van der Waals surface area contributed by atoms with Gasteiger partial charge >= 0.3 is 0 Å². The van der Waals surface area contributed by atoms with Crippen molar-refractivity contribution >= 4 is 0 Å². The second-order valence-corrected chi connectivity index (χ2v) is 4.52. The van der Waals surface area contributed by atoms with Crippen molar-refractivity contribution < 1.29 is 4.39 Å². The maximum absolute atomic E-state index is 13.3. The number of hydrogen-bond donors (Lipinski definition) is 0. The summed E-state index contributed by atoms with van der Waals surface area (Å²) in [6.07, 6.45) is 2.94. The molecule has 2 fully saturated rings. The molecule has 2 heteroatoms. The standard InChI is InChI=1S/C11H18FN/c1-3-11-6-9(2)8-13(11)5-4-10(12)7-11/h10H,2-8H2,1H3/t10-,11-/m0/s1. The summed E-state index contributed by atoms with van der Waals surface area (Å²) >= 11 is 0. The van der Waals surface area contributed by atoms with E-state index in [4.69, 9.17) is 0 Å². The molecule has 1 nitrogen and oxygen atoms in total. The summed E-state index contributed by atoms with van der Waals surface area (Å²) in [6, 6.07) is 0. The molecular formula is C11H18FN. The van der Waals surface area contributed by atoms with Crippen molar-refractivity contribution in [2.75, 3.05) is 13.1 Å². The van der Waals surface area contributed by atoms with Crippen molar-refractivity contribution in [3.8, 4) is 0 Å². The van der Waals surface area contributed by atoms with E-state index in [0.717, 1.165) is 38.8 Å². The van der Waals surface area contributed by atoms with Crippen LogP contribution in [0, 0.1) is 0 Å². The topological polar surface area (TPSA) is 3.24 Å². The van der Waals surface area contributed by atoms with Gasteiger partial charge < -0.3 is 0 Å². The van der Waals surface area contributed by atoms with E-state index in [0.29, 0.717) is 0 Å². The van der Waals surface area contributed by atoms with Crippen LogP contribution in [0.4, 0.5) is 4.39 Å². The molecular weight excluding hydrogens is 165 g/mol. The molecule has 2 saturated heterocycles. The fraction of sp³-hybridized carbons (Fsp3) is 0.818. The smallest absolute Gasteiger partial charge is 0.103 e. The first-order valence-electron chi connectivity index (χ1n) is 5.22. The molecule has 2 rings (SSSR count). The minimum atomic E-state index is -0.581. The first kappa shape index (κ1) is 9.20. The zero-order chi connectivity index (χ0) is 9.47. The third-order valence-corrected chi connectivity index (χ3v) is 3.64. The van der Waals surface area contributed by atoms with Crippen LogP contribution in [0.2, 0.25) is 0 Å². The third-order valence-electron chi connectivity index (χ3n) is 3.64. The molecule has 2 aliphatic rings. The second-order valence-electron chi connectivity index (χ2n) is 4.52. The average molecular weight is 183 g/mol. The molecule has 0 aromatic heterocycles. The van der Waals surface area contributed by atoms with E-state index in [2.05, 4.69) is 18.4 Å². The molecule has 0 unspecified atom stereocenters. The average Bonchev–Trinajstić information content (AvgIpc) is 2.41. The van der Waals surface area contributed by atoms with Gasteiger partial charge in [-0.1, -0.05) is 19.1 Å². The van der Waals surface area contributed by atoms with E-state index in [9.17, 15) is 4.39 Å². The van der Waals surface area contributed by atoms with E-state index in [1.165, 1.54) is 5.57 Å². The molecule has 0 saturated carbocycles. The summed E-state index contributed by atoms with van der Waals surface area (Å²) in [6.45, 7) is 8.13. The van der Waals surface area contributed by atoms with Crippen LogP contribution in [-0.4, -0.2) is 29.7 Å². The third kappa shape index (κ3) is 1.41. The Morgan fingerprint density at radius 2 is 2.46 bits per heavy atom. The van der Waals surface area contributed by atoms with Gasteiger partial charge in [0.15, 0.2) is 0 Å². The molecule has 0 aliphatic carbocycles. The Bertz CT molecular complexity index is 226. The summed E-state index contributed by atoms with van der Waals surface area (Å²) in [5.74, 6) is 0. The number of halogens is 1. The van der Waals surface area contributed by atoms with Crippen molar-refractivity contribution in [3.63, 3.8) is 0 Å². The van der Waals surface area contributed by atoms with Gasteiger partial charge in [0.1, 0.15) is 6.17 Å². The van der Waals surface area contributed by atoms with Crippen LogP contribution >= 0.6 is 0 Å². The molecule has 0 radical (unpaired) electrons. The fourth-order valence-electron chi connectivity index (χ4n) is 2.89. The summed E-state index contributed by atoms with van der Waals surface area (Å²) in [5, 5.41) is 0. The van der Waals surface area contributed by atoms with Crippen LogP contribution in [0.15, 0.2) is 12.2 Å². The summed E-state index contributed by atoms with van der Waals surface area (Å²) in [4.78, 5) is 2.44. The minimum Gasteiger partial charge on any atom is -0.293 e. The number of nitrogens with zero attached hydrogens (tertiary/aromatic N) is 1. The van der Waals surface area contributed by atoms with Gasteiger partial charge in [0.25, 0.3) is 0 Å². The highest BCUT2D eigenvalue weighted by Crippen LogP contribution is 2.42. The zero-order valence-electron chi connectivity index (χ0n) is 8.35. The monoisotopic (exact) mass is 183 g/mol. The number of alkyl halides is 1. The maximum Gasteiger partial charge on any atom is 0.103 e. The van der Waals surface area contributed by atoms with Gasteiger partial charge in [-0.2, -0.15) is 0 Å². The van der Waals surface area contributed by atoms with E-state index in [1.54, 1.807) is 0 Å².